The number of aromatic amines is 1. The molecule has 3 N–H and O–H groups in total. The van der Waals surface area contributed by atoms with Crippen LogP contribution in [0.1, 0.15) is 0 Å². The van der Waals surface area contributed by atoms with Gasteiger partial charge in [-0.15, -0.1) is 0 Å². The number of fused-ring (bicyclic) bond motifs is 1. The fourth-order valence-corrected chi connectivity index (χ4v) is 2.38. The van der Waals surface area contributed by atoms with E-state index in [2.05, 4.69) is 30.9 Å². The number of benzene rings is 1. The normalized spacial score (nSPS) is 10.8. The predicted molar refractivity (Wildman–Crippen MR) is 78.0 cm³/mol. The van der Waals surface area contributed by atoms with E-state index in [4.69, 9.17) is 10.5 Å². The van der Waals surface area contributed by atoms with E-state index in [1.54, 1.807) is 13.3 Å². The molecule has 2 aromatic heterocycles. The number of aromatic nitrogens is 3. The number of nitrogens with two attached hydrogens (primary N) is 1. The highest BCUT2D eigenvalue weighted by atomic mass is 79.9. The molecule has 0 fully saturated rings. The summed E-state index contributed by atoms with van der Waals surface area (Å²) >= 11 is 3.47. The first-order valence-electron chi connectivity index (χ1n) is 5.62. The summed E-state index contributed by atoms with van der Waals surface area (Å²) in [5.41, 5.74) is 8.30. The van der Waals surface area contributed by atoms with Gasteiger partial charge in [-0.2, -0.15) is 0 Å². The number of H-pyrrole nitrogens is 1. The minimum Gasteiger partial charge on any atom is -0.493 e. The molecule has 1 aromatic carbocycles. The molecule has 96 valence electrons. The smallest absolute Gasteiger partial charge is 0.220 e. The molecular weight excluding hydrogens is 308 g/mol. The van der Waals surface area contributed by atoms with E-state index in [9.17, 15) is 0 Å². The average Bonchev–Trinajstić information content (AvgIpc) is 2.81. The summed E-state index contributed by atoms with van der Waals surface area (Å²) in [4.78, 5) is 11.4. The summed E-state index contributed by atoms with van der Waals surface area (Å²) < 4.78 is 6.30. The Hall–Kier alpha value is -2.08. The zero-order valence-electron chi connectivity index (χ0n) is 10.1. The van der Waals surface area contributed by atoms with Gasteiger partial charge in [-0.05, 0) is 18.2 Å². The molecule has 0 saturated heterocycles. The molecule has 5 nitrogen and oxygen atoms in total. The number of methoxy groups -OCH3 is 1. The minimum atomic E-state index is 0.222. The van der Waals surface area contributed by atoms with Gasteiger partial charge in [-0.25, -0.2) is 9.97 Å². The second-order valence-corrected chi connectivity index (χ2v) is 4.95. The molecule has 0 aliphatic heterocycles. The van der Waals surface area contributed by atoms with Crippen LogP contribution in [0.25, 0.3) is 22.2 Å². The number of rotatable bonds is 2. The standard InChI is InChI=1S/C13H11BrN4O/c1-19-11-6-17-13(15)18-12(11)9-5-16-10-3-2-7(14)4-8(9)10/h2-6,16H,1H3,(H2,15,17,18). The molecule has 2 heterocycles. The number of nitrogens with zero attached hydrogens (tertiary/aromatic N) is 2. The molecular formula is C13H11BrN4O. The number of ether oxygens (including phenoxy) is 1. The second kappa shape index (κ2) is 4.55. The van der Waals surface area contributed by atoms with Crippen LogP contribution in [0.4, 0.5) is 5.95 Å². The first-order valence-corrected chi connectivity index (χ1v) is 6.42. The number of hydrogen-bond acceptors (Lipinski definition) is 4. The molecule has 6 heteroatoms. The van der Waals surface area contributed by atoms with Crippen LogP contribution in [0.3, 0.4) is 0 Å². The van der Waals surface area contributed by atoms with Crippen LogP contribution in [0.2, 0.25) is 0 Å². The van der Waals surface area contributed by atoms with Crippen LogP contribution < -0.4 is 10.5 Å². The van der Waals surface area contributed by atoms with Crippen molar-refractivity contribution >= 4 is 32.8 Å². The summed E-state index contributed by atoms with van der Waals surface area (Å²) in [5.74, 6) is 0.815. The fraction of sp³-hybridized carbons (Fsp3) is 0.0769. The Kier molecular flexibility index (Phi) is 2.87. The Morgan fingerprint density at radius 2 is 2.21 bits per heavy atom. The van der Waals surface area contributed by atoms with Crippen molar-refractivity contribution in [2.75, 3.05) is 12.8 Å². The molecule has 0 spiro atoms. The number of hydrogen-bond donors (Lipinski definition) is 2. The third-order valence-corrected chi connectivity index (χ3v) is 3.39. The van der Waals surface area contributed by atoms with Gasteiger partial charge >= 0.3 is 0 Å². The number of nitrogen functional groups attached to an aromatic ring is 1. The van der Waals surface area contributed by atoms with Crippen molar-refractivity contribution in [2.45, 2.75) is 0 Å². The van der Waals surface area contributed by atoms with Gasteiger partial charge in [-0.3, -0.25) is 0 Å². The van der Waals surface area contributed by atoms with Crippen molar-refractivity contribution in [3.8, 4) is 17.0 Å². The number of nitrogens with one attached hydrogen (secondary N) is 1. The van der Waals surface area contributed by atoms with Gasteiger partial charge in [0.1, 0.15) is 5.69 Å². The molecule has 0 amide bonds. The topological polar surface area (TPSA) is 76.8 Å². The molecule has 0 radical (unpaired) electrons. The number of anilines is 1. The summed E-state index contributed by atoms with van der Waals surface area (Å²) in [7, 11) is 1.59. The summed E-state index contributed by atoms with van der Waals surface area (Å²) in [5, 5.41) is 1.05. The van der Waals surface area contributed by atoms with Crippen LogP contribution in [0.15, 0.2) is 35.1 Å². The highest BCUT2D eigenvalue weighted by molar-refractivity contribution is 9.10. The molecule has 3 rings (SSSR count). The Balaban J connectivity index is 2.29. The Bertz CT molecular complexity index is 753. The van der Waals surface area contributed by atoms with Gasteiger partial charge < -0.3 is 15.5 Å². The van der Waals surface area contributed by atoms with E-state index in [1.807, 2.05) is 24.4 Å². The minimum absolute atomic E-state index is 0.222. The summed E-state index contributed by atoms with van der Waals surface area (Å²) in [6.07, 6.45) is 3.47. The van der Waals surface area contributed by atoms with Crippen LogP contribution >= 0.6 is 15.9 Å². The SMILES string of the molecule is COc1cnc(N)nc1-c1c[nH]c2ccc(Br)cc12. The van der Waals surface area contributed by atoms with Gasteiger partial charge in [0.15, 0.2) is 5.75 Å². The number of halogens is 1. The van der Waals surface area contributed by atoms with Crippen molar-refractivity contribution in [1.82, 2.24) is 15.0 Å². The van der Waals surface area contributed by atoms with Crippen molar-refractivity contribution < 1.29 is 4.74 Å². The molecule has 0 aliphatic rings. The van der Waals surface area contributed by atoms with Gasteiger partial charge in [0.25, 0.3) is 0 Å². The maximum atomic E-state index is 5.67. The predicted octanol–water partition coefficient (Wildman–Crippen LogP) is 2.98. The molecule has 3 aromatic rings. The molecule has 0 saturated carbocycles. The van der Waals surface area contributed by atoms with Gasteiger partial charge in [0.2, 0.25) is 5.95 Å². The van der Waals surface area contributed by atoms with Crippen molar-refractivity contribution in [3.05, 3.63) is 35.1 Å². The van der Waals surface area contributed by atoms with E-state index < -0.39 is 0 Å². The lowest BCUT2D eigenvalue weighted by molar-refractivity contribution is 0.413. The first kappa shape index (κ1) is 12.0. The lowest BCUT2D eigenvalue weighted by Crippen LogP contribution is -1.98. The van der Waals surface area contributed by atoms with E-state index in [1.165, 1.54) is 0 Å². The largest absolute Gasteiger partial charge is 0.493 e. The third-order valence-electron chi connectivity index (χ3n) is 2.89. The Morgan fingerprint density at radius 1 is 1.37 bits per heavy atom. The monoisotopic (exact) mass is 318 g/mol. The average molecular weight is 319 g/mol. The Morgan fingerprint density at radius 3 is 3.00 bits per heavy atom. The highest BCUT2D eigenvalue weighted by Gasteiger charge is 2.14. The molecule has 0 unspecified atom stereocenters. The fourth-order valence-electron chi connectivity index (χ4n) is 2.02. The Labute approximate surface area is 118 Å². The quantitative estimate of drug-likeness (QED) is 0.761. The van der Waals surface area contributed by atoms with Crippen LogP contribution in [-0.2, 0) is 0 Å². The van der Waals surface area contributed by atoms with E-state index in [-0.39, 0.29) is 5.95 Å². The van der Waals surface area contributed by atoms with Crippen molar-refractivity contribution in [3.63, 3.8) is 0 Å². The van der Waals surface area contributed by atoms with Crippen LogP contribution in [0, 0.1) is 0 Å². The van der Waals surface area contributed by atoms with E-state index in [0.29, 0.717) is 11.4 Å². The first-order chi connectivity index (χ1) is 9.19. The third kappa shape index (κ3) is 2.04. The summed E-state index contributed by atoms with van der Waals surface area (Å²) in [6.45, 7) is 0. The molecule has 0 aliphatic carbocycles. The maximum Gasteiger partial charge on any atom is 0.220 e. The summed E-state index contributed by atoms with van der Waals surface area (Å²) in [6, 6.07) is 6.01. The second-order valence-electron chi connectivity index (χ2n) is 4.04. The molecule has 19 heavy (non-hydrogen) atoms. The van der Waals surface area contributed by atoms with E-state index in [0.717, 1.165) is 20.9 Å². The van der Waals surface area contributed by atoms with E-state index >= 15 is 0 Å². The lowest BCUT2D eigenvalue weighted by atomic mass is 10.1. The molecule has 0 bridgehead atoms. The maximum absolute atomic E-state index is 5.67. The van der Waals surface area contributed by atoms with Gasteiger partial charge in [0, 0.05) is 27.1 Å². The lowest BCUT2D eigenvalue weighted by Gasteiger charge is -2.06. The zero-order chi connectivity index (χ0) is 13.4. The van der Waals surface area contributed by atoms with Crippen molar-refractivity contribution in [1.29, 1.82) is 0 Å². The van der Waals surface area contributed by atoms with Gasteiger partial charge in [-0.1, -0.05) is 15.9 Å². The van der Waals surface area contributed by atoms with Crippen LogP contribution in [0.5, 0.6) is 5.75 Å². The van der Waals surface area contributed by atoms with Crippen molar-refractivity contribution in [2.24, 2.45) is 0 Å². The van der Waals surface area contributed by atoms with Gasteiger partial charge in [0.05, 0.1) is 13.3 Å². The van der Waals surface area contributed by atoms with Crippen LogP contribution in [-0.4, -0.2) is 22.1 Å². The molecule has 0 atom stereocenters. The highest BCUT2D eigenvalue weighted by Crippen LogP contribution is 2.34. The zero-order valence-corrected chi connectivity index (χ0v) is 11.7.